The molecule has 9 nitrogen and oxygen atoms in total. The minimum Gasteiger partial charge on any atom is -0.444 e. The van der Waals surface area contributed by atoms with E-state index in [4.69, 9.17) is 4.74 Å². The van der Waals surface area contributed by atoms with E-state index in [0.717, 1.165) is 44.2 Å². The molecule has 29 heavy (non-hydrogen) atoms. The van der Waals surface area contributed by atoms with Crippen molar-refractivity contribution in [2.75, 3.05) is 6.54 Å². The van der Waals surface area contributed by atoms with E-state index in [1.807, 2.05) is 27.0 Å². The quantitative estimate of drug-likeness (QED) is 0.480. The molecule has 3 amide bonds. The summed E-state index contributed by atoms with van der Waals surface area (Å²) in [6, 6.07) is -0.458. The van der Waals surface area contributed by atoms with Gasteiger partial charge in [-0.15, -0.1) is 5.10 Å². The van der Waals surface area contributed by atoms with Gasteiger partial charge in [0.2, 0.25) is 5.91 Å². The monoisotopic (exact) mass is 407 g/mol. The molecule has 1 unspecified atom stereocenters. The van der Waals surface area contributed by atoms with E-state index in [1.54, 1.807) is 4.68 Å². The third-order valence-corrected chi connectivity index (χ3v) is 4.60. The van der Waals surface area contributed by atoms with Gasteiger partial charge in [-0.3, -0.25) is 14.9 Å². The summed E-state index contributed by atoms with van der Waals surface area (Å²) < 4.78 is 6.76. The zero-order valence-corrected chi connectivity index (χ0v) is 17.7. The number of hydrogen-bond donors (Lipinski definition) is 2. The summed E-state index contributed by atoms with van der Waals surface area (Å²) in [5, 5.41) is 13.4. The Labute approximate surface area is 171 Å². The van der Waals surface area contributed by atoms with Crippen LogP contribution < -0.4 is 10.6 Å². The number of carbonyl (C=O) groups excluding carboxylic acids is 3. The average molecular weight is 408 g/mol. The predicted molar refractivity (Wildman–Crippen MR) is 107 cm³/mol. The van der Waals surface area contributed by atoms with Crippen molar-refractivity contribution in [1.29, 1.82) is 0 Å². The van der Waals surface area contributed by atoms with E-state index in [9.17, 15) is 14.4 Å². The number of aromatic nitrogens is 3. The molecule has 1 atom stereocenters. The number of rotatable bonds is 9. The Morgan fingerprint density at radius 3 is 2.72 bits per heavy atom. The number of ether oxygens (including phenoxy) is 1. The molecule has 1 aliphatic heterocycles. The smallest absolute Gasteiger partial charge is 0.407 e. The minimum atomic E-state index is -0.469. The molecule has 162 valence electrons. The molecule has 1 aliphatic rings. The molecule has 1 saturated heterocycles. The van der Waals surface area contributed by atoms with Gasteiger partial charge in [0.15, 0.2) is 0 Å². The van der Waals surface area contributed by atoms with Gasteiger partial charge >= 0.3 is 6.09 Å². The van der Waals surface area contributed by atoms with Crippen LogP contribution in [-0.4, -0.2) is 45.0 Å². The molecule has 2 N–H and O–H groups in total. The molecule has 0 bridgehead atoms. The number of amides is 3. The Balaban J connectivity index is 1.58. The molecular weight excluding hydrogens is 374 g/mol. The first-order valence-electron chi connectivity index (χ1n) is 10.5. The summed E-state index contributed by atoms with van der Waals surface area (Å²) in [6.07, 6.45) is 8.99. The fraction of sp³-hybridized carbons (Fsp3) is 0.750. The number of imide groups is 1. The highest BCUT2D eigenvalue weighted by Gasteiger charge is 2.26. The number of nitrogens with zero attached hydrogens (tertiary/aromatic N) is 3. The second-order valence-corrected chi connectivity index (χ2v) is 8.46. The van der Waals surface area contributed by atoms with Crippen LogP contribution in [0.4, 0.5) is 4.79 Å². The highest BCUT2D eigenvalue weighted by atomic mass is 16.6. The first-order chi connectivity index (χ1) is 13.7. The summed E-state index contributed by atoms with van der Waals surface area (Å²) in [5.74, 6) is -0.525. The van der Waals surface area contributed by atoms with E-state index in [1.165, 1.54) is 0 Å². The maximum atomic E-state index is 12.1. The lowest BCUT2D eigenvalue weighted by Gasteiger charge is -2.19. The lowest BCUT2D eigenvalue weighted by molar-refractivity contribution is -0.131. The normalized spacial score (nSPS) is 17.6. The Kier molecular flexibility index (Phi) is 8.60. The lowest BCUT2D eigenvalue weighted by atomic mass is 10.1. The van der Waals surface area contributed by atoms with Gasteiger partial charge < -0.3 is 10.1 Å². The molecule has 2 heterocycles. The first kappa shape index (κ1) is 22.8. The number of aryl methyl sites for hydroxylation is 1. The molecule has 0 spiro atoms. The van der Waals surface area contributed by atoms with Crippen molar-refractivity contribution in [3.05, 3.63) is 11.9 Å². The maximum Gasteiger partial charge on any atom is 0.407 e. The van der Waals surface area contributed by atoms with Crippen molar-refractivity contribution in [1.82, 2.24) is 25.6 Å². The number of hydrogen-bond acceptors (Lipinski definition) is 6. The summed E-state index contributed by atoms with van der Waals surface area (Å²) >= 11 is 0. The highest BCUT2D eigenvalue weighted by molar-refractivity contribution is 5.97. The van der Waals surface area contributed by atoms with Crippen LogP contribution in [0.3, 0.4) is 0 Å². The molecule has 2 rings (SSSR count). The van der Waals surface area contributed by atoms with Crippen molar-refractivity contribution in [2.24, 2.45) is 0 Å². The number of alkyl carbamates (subject to hydrolysis) is 1. The largest absolute Gasteiger partial charge is 0.444 e. The third kappa shape index (κ3) is 8.62. The molecule has 0 aliphatic carbocycles. The molecular formula is C20H33N5O4. The van der Waals surface area contributed by atoms with E-state index < -0.39 is 11.6 Å². The Morgan fingerprint density at radius 1 is 1.24 bits per heavy atom. The number of carbonyl (C=O) groups is 3. The predicted octanol–water partition coefficient (Wildman–Crippen LogP) is 2.66. The maximum absolute atomic E-state index is 12.1. The number of nitrogens with one attached hydrogen (secondary N) is 2. The van der Waals surface area contributed by atoms with Gasteiger partial charge in [0.1, 0.15) is 11.6 Å². The topological polar surface area (TPSA) is 115 Å². The lowest BCUT2D eigenvalue weighted by Crippen LogP contribution is -2.34. The summed E-state index contributed by atoms with van der Waals surface area (Å²) in [5.41, 5.74) is 0.392. The molecule has 1 aromatic heterocycles. The van der Waals surface area contributed by atoms with E-state index in [-0.39, 0.29) is 17.9 Å². The van der Waals surface area contributed by atoms with Crippen LogP contribution in [-0.2, 0) is 20.7 Å². The fourth-order valence-electron chi connectivity index (χ4n) is 3.17. The van der Waals surface area contributed by atoms with Gasteiger partial charge in [-0.1, -0.05) is 24.5 Å². The second kappa shape index (κ2) is 10.9. The van der Waals surface area contributed by atoms with Gasteiger partial charge in [-0.05, 0) is 52.9 Å². The van der Waals surface area contributed by atoms with Gasteiger partial charge in [0.25, 0.3) is 5.91 Å². The van der Waals surface area contributed by atoms with Crippen LogP contribution >= 0.6 is 0 Å². The Bertz CT molecular complexity index is 695. The molecule has 9 heteroatoms. The Morgan fingerprint density at radius 2 is 1.97 bits per heavy atom. The van der Waals surface area contributed by atoms with Crippen LogP contribution in [0.5, 0.6) is 0 Å². The number of unbranched alkanes of at least 4 members (excludes halogenated alkanes) is 4. The summed E-state index contributed by atoms with van der Waals surface area (Å²) in [6.45, 7) is 6.15. The molecule has 0 aromatic carbocycles. The zero-order valence-electron chi connectivity index (χ0n) is 17.7. The van der Waals surface area contributed by atoms with E-state index in [2.05, 4.69) is 20.9 Å². The SMILES string of the molecule is CC(C)(C)OC(=O)NCCCCCCCc1cn(C2CCCC(=O)NC2=O)nn1. The van der Waals surface area contributed by atoms with Crippen LogP contribution in [0, 0.1) is 0 Å². The van der Waals surface area contributed by atoms with Crippen molar-refractivity contribution < 1.29 is 19.1 Å². The van der Waals surface area contributed by atoms with E-state index >= 15 is 0 Å². The highest BCUT2D eigenvalue weighted by Crippen LogP contribution is 2.18. The van der Waals surface area contributed by atoms with Crippen molar-refractivity contribution in [2.45, 2.75) is 90.2 Å². The Hall–Kier alpha value is -2.45. The molecule has 1 aromatic rings. The average Bonchev–Trinajstić information content (AvgIpc) is 3.00. The summed E-state index contributed by atoms with van der Waals surface area (Å²) in [4.78, 5) is 35.0. The third-order valence-electron chi connectivity index (χ3n) is 4.60. The fourth-order valence-corrected chi connectivity index (χ4v) is 3.17. The van der Waals surface area contributed by atoms with Gasteiger partial charge in [0, 0.05) is 19.2 Å². The van der Waals surface area contributed by atoms with E-state index in [0.29, 0.717) is 25.8 Å². The standard InChI is InChI=1S/C20H33N5O4/c1-20(2,3)29-19(28)21-13-8-6-4-5-7-10-15-14-25(24-23-15)16-11-9-12-17(26)22-18(16)27/h14,16H,4-13H2,1-3H3,(H,21,28)(H,22,26,27). The van der Waals surface area contributed by atoms with Gasteiger partial charge in [0.05, 0.1) is 5.69 Å². The van der Waals surface area contributed by atoms with Crippen LogP contribution in [0.25, 0.3) is 0 Å². The van der Waals surface area contributed by atoms with Crippen LogP contribution in [0.1, 0.15) is 83.9 Å². The molecule has 1 fully saturated rings. The first-order valence-corrected chi connectivity index (χ1v) is 10.5. The van der Waals surface area contributed by atoms with Crippen molar-refractivity contribution >= 4 is 17.9 Å². The summed E-state index contributed by atoms with van der Waals surface area (Å²) in [7, 11) is 0. The van der Waals surface area contributed by atoms with Crippen LogP contribution in [0.15, 0.2) is 6.20 Å². The van der Waals surface area contributed by atoms with Gasteiger partial charge in [-0.2, -0.15) is 0 Å². The van der Waals surface area contributed by atoms with Crippen molar-refractivity contribution in [3.8, 4) is 0 Å². The van der Waals surface area contributed by atoms with Gasteiger partial charge in [-0.25, -0.2) is 9.48 Å². The molecule has 0 saturated carbocycles. The second-order valence-electron chi connectivity index (χ2n) is 8.46. The molecule has 0 radical (unpaired) electrons. The minimum absolute atomic E-state index is 0.223. The van der Waals surface area contributed by atoms with Crippen molar-refractivity contribution in [3.63, 3.8) is 0 Å². The van der Waals surface area contributed by atoms with Crippen LogP contribution in [0.2, 0.25) is 0 Å². The zero-order chi connectivity index (χ0) is 21.3.